The van der Waals surface area contributed by atoms with Crippen molar-refractivity contribution in [2.75, 3.05) is 0 Å². The molecule has 23 heavy (non-hydrogen) atoms. The van der Waals surface area contributed by atoms with Crippen molar-refractivity contribution in [3.8, 4) is 0 Å². The number of nitrogens with one attached hydrogen (secondary N) is 1. The van der Waals surface area contributed by atoms with E-state index in [4.69, 9.17) is 5.73 Å². The summed E-state index contributed by atoms with van der Waals surface area (Å²) < 4.78 is 1.92. The van der Waals surface area contributed by atoms with Gasteiger partial charge in [0.2, 0.25) is 5.91 Å². The van der Waals surface area contributed by atoms with E-state index in [1.165, 1.54) is 0 Å². The van der Waals surface area contributed by atoms with Gasteiger partial charge in [-0.3, -0.25) is 4.79 Å². The SMILES string of the molecule is CC(C)n1cnnc1CNC(=O)C(N)Cc1ccccc1.Cl.Cl. The first kappa shape index (κ1) is 21.4. The number of rotatable bonds is 6. The molecule has 0 radical (unpaired) electrons. The zero-order chi connectivity index (χ0) is 15.2. The summed E-state index contributed by atoms with van der Waals surface area (Å²) in [6.45, 7) is 4.41. The van der Waals surface area contributed by atoms with Crippen molar-refractivity contribution in [1.82, 2.24) is 20.1 Å². The predicted octanol–water partition coefficient (Wildman–Crippen LogP) is 1.89. The Hall–Kier alpha value is -1.63. The molecule has 0 aliphatic heterocycles. The van der Waals surface area contributed by atoms with Crippen molar-refractivity contribution in [1.29, 1.82) is 0 Å². The molecular weight excluding hydrogens is 337 g/mol. The van der Waals surface area contributed by atoms with Crippen LogP contribution in [0.4, 0.5) is 0 Å². The van der Waals surface area contributed by atoms with Gasteiger partial charge in [0, 0.05) is 6.04 Å². The number of aromatic nitrogens is 3. The molecule has 0 aliphatic rings. The fourth-order valence-electron chi connectivity index (χ4n) is 2.08. The molecule has 1 aromatic carbocycles. The number of benzene rings is 1. The van der Waals surface area contributed by atoms with Crippen LogP contribution in [-0.4, -0.2) is 26.7 Å². The van der Waals surface area contributed by atoms with Crippen LogP contribution in [0.5, 0.6) is 0 Å². The van der Waals surface area contributed by atoms with E-state index in [-0.39, 0.29) is 36.8 Å². The molecule has 1 heterocycles. The maximum absolute atomic E-state index is 12.0. The Morgan fingerprint density at radius 2 is 1.91 bits per heavy atom. The molecule has 0 fully saturated rings. The largest absolute Gasteiger partial charge is 0.347 e. The van der Waals surface area contributed by atoms with Crippen molar-refractivity contribution in [3.05, 3.63) is 48.0 Å². The Labute approximate surface area is 148 Å². The number of nitrogens with zero attached hydrogens (tertiary/aromatic N) is 3. The summed E-state index contributed by atoms with van der Waals surface area (Å²) >= 11 is 0. The minimum Gasteiger partial charge on any atom is -0.347 e. The third kappa shape index (κ3) is 6.17. The van der Waals surface area contributed by atoms with Gasteiger partial charge in [0.15, 0.2) is 5.82 Å². The van der Waals surface area contributed by atoms with E-state index in [1.807, 2.05) is 48.7 Å². The summed E-state index contributed by atoms with van der Waals surface area (Å²) in [6.07, 6.45) is 2.18. The van der Waals surface area contributed by atoms with Gasteiger partial charge in [-0.2, -0.15) is 0 Å². The highest BCUT2D eigenvalue weighted by Crippen LogP contribution is 2.06. The molecule has 1 atom stereocenters. The maximum atomic E-state index is 12.0. The predicted molar refractivity (Wildman–Crippen MR) is 94.9 cm³/mol. The molecule has 8 heteroatoms. The van der Waals surface area contributed by atoms with Crippen LogP contribution in [-0.2, 0) is 17.8 Å². The minimum atomic E-state index is -0.567. The minimum absolute atomic E-state index is 0. The van der Waals surface area contributed by atoms with Crippen LogP contribution in [0.1, 0.15) is 31.3 Å². The molecule has 3 N–H and O–H groups in total. The number of hydrogen-bond donors (Lipinski definition) is 2. The Morgan fingerprint density at radius 1 is 1.26 bits per heavy atom. The molecule has 0 aliphatic carbocycles. The molecule has 0 saturated carbocycles. The van der Waals surface area contributed by atoms with Crippen LogP contribution in [0.3, 0.4) is 0 Å². The number of hydrogen-bond acceptors (Lipinski definition) is 4. The highest BCUT2D eigenvalue weighted by Gasteiger charge is 2.15. The Kier molecular flexibility index (Phi) is 9.48. The van der Waals surface area contributed by atoms with Gasteiger partial charge >= 0.3 is 0 Å². The topological polar surface area (TPSA) is 85.8 Å². The molecule has 0 spiro atoms. The Balaban J connectivity index is 0.00000242. The standard InChI is InChI=1S/C15H21N5O.2ClH/c1-11(2)20-10-18-19-14(20)9-17-15(21)13(16)8-12-6-4-3-5-7-12;;/h3-7,10-11,13H,8-9,16H2,1-2H3,(H,17,21);2*1H. The van der Waals surface area contributed by atoms with Gasteiger partial charge in [0.1, 0.15) is 6.33 Å². The maximum Gasteiger partial charge on any atom is 0.237 e. The van der Waals surface area contributed by atoms with Gasteiger partial charge < -0.3 is 15.6 Å². The van der Waals surface area contributed by atoms with E-state index in [0.717, 1.165) is 11.4 Å². The average molecular weight is 360 g/mol. The van der Waals surface area contributed by atoms with E-state index >= 15 is 0 Å². The first-order valence-electron chi connectivity index (χ1n) is 7.03. The van der Waals surface area contributed by atoms with Crippen molar-refractivity contribution in [2.24, 2.45) is 5.73 Å². The van der Waals surface area contributed by atoms with Crippen LogP contribution in [0.15, 0.2) is 36.7 Å². The molecule has 1 aromatic heterocycles. The summed E-state index contributed by atoms with van der Waals surface area (Å²) in [4.78, 5) is 12.0. The first-order valence-corrected chi connectivity index (χ1v) is 7.03. The highest BCUT2D eigenvalue weighted by molar-refractivity contribution is 5.85. The van der Waals surface area contributed by atoms with Crippen molar-refractivity contribution < 1.29 is 4.79 Å². The summed E-state index contributed by atoms with van der Waals surface area (Å²) in [6, 6.07) is 9.42. The van der Waals surface area contributed by atoms with E-state index in [1.54, 1.807) is 6.33 Å². The van der Waals surface area contributed by atoms with Gasteiger partial charge in [-0.1, -0.05) is 30.3 Å². The van der Waals surface area contributed by atoms with Crippen molar-refractivity contribution in [2.45, 2.75) is 38.9 Å². The number of amides is 1. The zero-order valence-electron chi connectivity index (χ0n) is 13.2. The fourth-order valence-corrected chi connectivity index (χ4v) is 2.08. The van der Waals surface area contributed by atoms with E-state index in [0.29, 0.717) is 13.0 Å². The molecule has 1 amide bonds. The van der Waals surface area contributed by atoms with Crippen LogP contribution in [0.25, 0.3) is 0 Å². The van der Waals surface area contributed by atoms with Gasteiger partial charge in [-0.05, 0) is 25.8 Å². The molecule has 2 aromatic rings. The van der Waals surface area contributed by atoms with Crippen LogP contribution < -0.4 is 11.1 Å². The zero-order valence-corrected chi connectivity index (χ0v) is 14.8. The molecule has 0 saturated heterocycles. The summed E-state index contributed by atoms with van der Waals surface area (Å²) in [5.74, 6) is 0.544. The van der Waals surface area contributed by atoms with Gasteiger partial charge in [-0.15, -0.1) is 35.0 Å². The summed E-state index contributed by atoms with van der Waals surface area (Å²) in [7, 11) is 0. The van der Waals surface area contributed by atoms with E-state index in [2.05, 4.69) is 15.5 Å². The lowest BCUT2D eigenvalue weighted by atomic mass is 10.1. The second-order valence-corrected chi connectivity index (χ2v) is 5.26. The Bertz CT molecular complexity index is 589. The normalized spacial score (nSPS) is 11.3. The van der Waals surface area contributed by atoms with Crippen LogP contribution in [0, 0.1) is 0 Å². The molecule has 1 unspecified atom stereocenters. The lowest BCUT2D eigenvalue weighted by Gasteiger charge is -2.14. The van der Waals surface area contributed by atoms with Gasteiger partial charge in [-0.25, -0.2) is 0 Å². The van der Waals surface area contributed by atoms with Crippen LogP contribution >= 0.6 is 24.8 Å². The smallest absolute Gasteiger partial charge is 0.237 e. The van der Waals surface area contributed by atoms with Gasteiger partial charge in [0.25, 0.3) is 0 Å². The average Bonchev–Trinajstić information content (AvgIpc) is 2.94. The lowest BCUT2D eigenvalue weighted by Crippen LogP contribution is -2.42. The van der Waals surface area contributed by atoms with Crippen molar-refractivity contribution in [3.63, 3.8) is 0 Å². The quantitative estimate of drug-likeness (QED) is 0.824. The second kappa shape index (κ2) is 10.2. The van der Waals surface area contributed by atoms with Gasteiger partial charge in [0.05, 0.1) is 12.6 Å². The Morgan fingerprint density at radius 3 is 2.52 bits per heavy atom. The molecule has 0 bridgehead atoms. The summed E-state index contributed by atoms with van der Waals surface area (Å²) in [5.41, 5.74) is 6.98. The first-order chi connectivity index (χ1) is 10.1. The fraction of sp³-hybridized carbons (Fsp3) is 0.400. The van der Waals surface area contributed by atoms with Crippen molar-refractivity contribution >= 4 is 30.7 Å². The molecular formula is C15H23Cl2N5O. The number of carbonyl (C=O) groups excluding carboxylic acids is 1. The second-order valence-electron chi connectivity index (χ2n) is 5.26. The molecule has 6 nitrogen and oxygen atoms in total. The number of carbonyl (C=O) groups is 1. The molecule has 2 rings (SSSR count). The molecule has 128 valence electrons. The number of halogens is 2. The lowest BCUT2D eigenvalue weighted by molar-refractivity contribution is -0.122. The van der Waals surface area contributed by atoms with E-state index < -0.39 is 6.04 Å². The van der Waals surface area contributed by atoms with E-state index in [9.17, 15) is 4.79 Å². The third-order valence-electron chi connectivity index (χ3n) is 3.26. The van der Waals surface area contributed by atoms with Crippen LogP contribution in [0.2, 0.25) is 0 Å². The monoisotopic (exact) mass is 359 g/mol. The summed E-state index contributed by atoms with van der Waals surface area (Å²) in [5, 5.41) is 10.7. The third-order valence-corrected chi connectivity index (χ3v) is 3.26. The number of nitrogens with two attached hydrogens (primary N) is 1. The highest BCUT2D eigenvalue weighted by atomic mass is 35.5.